The Hall–Kier alpha value is -3.09. The zero-order chi connectivity index (χ0) is 19.0. The lowest BCUT2D eigenvalue weighted by molar-refractivity contribution is -0.130. The van der Waals surface area contributed by atoms with Crippen molar-refractivity contribution < 1.29 is 14.0 Å². The second-order valence-electron chi connectivity index (χ2n) is 6.92. The number of benzene rings is 2. The van der Waals surface area contributed by atoms with Crippen molar-refractivity contribution in [1.29, 1.82) is 0 Å². The summed E-state index contributed by atoms with van der Waals surface area (Å²) in [6.07, 6.45) is 0.690. The summed E-state index contributed by atoms with van der Waals surface area (Å²) < 4.78 is 13.1. The van der Waals surface area contributed by atoms with Crippen molar-refractivity contribution in [2.45, 2.75) is 32.0 Å². The molecule has 2 atom stereocenters. The van der Waals surface area contributed by atoms with Gasteiger partial charge in [0.25, 0.3) is 0 Å². The summed E-state index contributed by atoms with van der Waals surface area (Å²) in [5.74, 6) is -0.261. The highest BCUT2D eigenvalue weighted by Gasteiger charge is 2.34. The molecular weight excluding hydrogens is 347 g/mol. The summed E-state index contributed by atoms with van der Waals surface area (Å²) in [7, 11) is 0. The maximum atomic E-state index is 13.1. The van der Waals surface area contributed by atoms with Gasteiger partial charge in [-0.25, -0.2) is 9.18 Å². The van der Waals surface area contributed by atoms with Crippen molar-refractivity contribution in [3.05, 3.63) is 59.4 Å². The predicted molar refractivity (Wildman–Crippen MR) is 101 cm³/mol. The van der Waals surface area contributed by atoms with Gasteiger partial charge >= 0.3 is 6.03 Å². The Morgan fingerprint density at radius 2 is 1.96 bits per heavy atom. The van der Waals surface area contributed by atoms with E-state index in [2.05, 4.69) is 16.0 Å². The molecule has 1 saturated heterocycles. The number of nitrogens with zero attached hydrogens (tertiary/aromatic N) is 1. The molecule has 2 unspecified atom stereocenters. The highest BCUT2D eigenvalue weighted by Crippen LogP contribution is 2.29. The molecule has 3 amide bonds. The summed E-state index contributed by atoms with van der Waals surface area (Å²) in [4.78, 5) is 26.1. The number of fused-ring (bicyclic) bond motifs is 1. The lowest BCUT2D eigenvalue weighted by atomic mass is 10.1. The van der Waals surface area contributed by atoms with E-state index in [-0.39, 0.29) is 29.8 Å². The average molecular weight is 368 g/mol. The number of likely N-dealkylation sites (tertiary alicyclic amines) is 1. The number of nitrogens with one attached hydrogen (secondary N) is 3. The predicted octanol–water partition coefficient (Wildman–Crippen LogP) is 3.23. The van der Waals surface area contributed by atoms with Crippen molar-refractivity contribution in [3.8, 4) is 0 Å². The molecule has 3 N–H and O–H groups in total. The van der Waals surface area contributed by atoms with Gasteiger partial charge in [0.15, 0.2) is 0 Å². The molecule has 0 spiro atoms. The molecule has 140 valence electrons. The Bertz CT molecular complexity index is 884. The maximum Gasteiger partial charge on any atom is 0.319 e. The molecule has 2 aromatic carbocycles. The van der Waals surface area contributed by atoms with Gasteiger partial charge < -0.3 is 20.9 Å². The molecule has 0 bridgehead atoms. The maximum absolute atomic E-state index is 13.1. The number of carbonyl (C=O) groups excluding carboxylic acids is 2. The summed E-state index contributed by atoms with van der Waals surface area (Å²) in [6.45, 7) is 3.09. The van der Waals surface area contributed by atoms with Crippen LogP contribution in [0.1, 0.15) is 30.5 Å². The van der Waals surface area contributed by atoms with Crippen LogP contribution in [0.5, 0.6) is 0 Å². The van der Waals surface area contributed by atoms with Gasteiger partial charge in [-0.2, -0.15) is 0 Å². The molecule has 2 aliphatic rings. The molecule has 1 fully saturated rings. The third-order valence-electron chi connectivity index (χ3n) is 5.20. The molecule has 0 saturated carbocycles. The lowest BCUT2D eigenvalue weighted by Gasteiger charge is -2.25. The van der Waals surface area contributed by atoms with E-state index in [9.17, 15) is 14.0 Å². The van der Waals surface area contributed by atoms with E-state index in [1.54, 1.807) is 12.1 Å². The van der Waals surface area contributed by atoms with Gasteiger partial charge in [-0.05, 0) is 48.7 Å². The number of anilines is 2. The van der Waals surface area contributed by atoms with E-state index in [4.69, 9.17) is 0 Å². The first kappa shape index (κ1) is 17.3. The molecular formula is C20H21FN4O2. The quantitative estimate of drug-likeness (QED) is 0.776. The minimum Gasteiger partial charge on any atom is -0.374 e. The largest absolute Gasteiger partial charge is 0.374 e. The lowest BCUT2D eigenvalue weighted by Crippen LogP contribution is -2.35. The summed E-state index contributed by atoms with van der Waals surface area (Å²) >= 11 is 0. The Morgan fingerprint density at radius 1 is 1.19 bits per heavy atom. The van der Waals surface area contributed by atoms with Crippen LogP contribution in [-0.4, -0.2) is 29.4 Å². The monoisotopic (exact) mass is 368 g/mol. The van der Waals surface area contributed by atoms with Crippen molar-refractivity contribution in [3.63, 3.8) is 0 Å². The fourth-order valence-electron chi connectivity index (χ4n) is 3.62. The summed E-state index contributed by atoms with van der Waals surface area (Å²) in [5, 5.41) is 8.77. The Kier molecular flexibility index (Phi) is 4.43. The summed E-state index contributed by atoms with van der Waals surface area (Å²) in [5.41, 5.74) is 3.47. The molecule has 27 heavy (non-hydrogen) atoms. The number of carbonyl (C=O) groups is 2. The van der Waals surface area contributed by atoms with Gasteiger partial charge in [0.2, 0.25) is 5.91 Å². The number of hydrogen-bond donors (Lipinski definition) is 3. The minimum atomic E-state index is -0.316. The van der Waals surface area contributed by atoms with Crippen LogP contribution in [0.4, 0.5) is 20.6 Å². The molecule has 0 aromatic heterocycles. The zero-order valence-electron chi connectivity index (χ0n) is 15.0. The van der Waals surface area contributed by atoms with Crippen molar-refractivity contribution in [2.75, 3.05) is 17.2 Å². The smallest absolute Gasteiger partial charge is 0.319 e. The van der Waals surface area contributed by atoms with Gasteiger partial charge in [0.05, 0.1) is 6.04 Å². The highest BCUT2D eigenvalue weighted by atomic mass is 19.1. The molecule has 0 aliphatic carbocycles. The Morgan fingerprint density at radius 3 is 2.74 bits per heavy atom. The van der Waals surface area contributed by atoms with Crippen molar-refractivity contribution >= 4 is 23.3 Å². The Labute approximate surface area is 156 Å². The van der Waals surface area contributed by atoms with Gasteiger partial charge in [-0.1, -0.05) is 18.2 Å². The molecule has 4 rings (SSSR count). The van der Waals surface area contributed by atoms with Gasteiger partial charge in [0, 0.05) is 24.5 Å². The van der Waals surface area contributed by atoms with Crippen LogP contribution in [0.15, 0.2) is 42.5 Å². The van der Waals surface area contributed by atoms with Gasteiger partial charge in [-0.3, -0.25) is 4.79 Å². The van der Waals surface area contributed by atoms with Crippen LogP contribution in [0.25, 0.3) is 0 Å². The topological polar surface area (TPSA) is 73.5 Å². The third-order valence-corrected chi connectivity index (χ3v) is 5.20. The van der Waals surface area contributed by atoms with E-state index < -0.39 is 0 Å². The van der Waals surface area contributed by atoms with E-state index in [0.29, 0.717) is 19.5 Å². The molecule has 0 radical (unpaired) electrons. The highest BCUT2D eigenvalue weighted by molar-refractivity contribution is 5.93. The van der Waals surface area contributed by atoms with Crippen molar-refractivity contribution in [2.24, 2.45) is 0 Å². The first-order valence-electron chi connectivity index (χ1n) is 9.01. The fraction of sp³-hybridized carbons (Fsp3) is 0.300. The molecule has 2 aliphatic heterocycles. The first-order valence-corrected chi connectivity index (χ1v) is 9.01. The van der Waals surface area contributed by atoms with Crippen LogP contribution in [0, 0.1) is 5.82 Å². The van der Waals surface area contributed by atoms with E-state index in [1.807, 2.05) is 30.0 Å². The first-order chi connectivity index (χ1) is 13.0. The number of rotatable bonds is 4. The van der Waals surface area contributed by atoms with Crippen molar-refractivity contribution in [1.82, 2.24) is 10.2 Å². The summed E-state index contributed by atoms with van der Waals surface area (Å²) in [6, 6.07) is 11.3. The van der Waals surface area contributed by atoms with Crippen LogP contribution in [0.3, 0.4) is 0 Å². The average Bonchev–Trinajstić information content (AvgIpc) is 3.02. The molecule has 7 heteroatoms. The van der Waals surface area contributed by atoms with Crippen LogP contribution < -0.4 is 16.0 Å². The minimum absolute atomic E-state index is 0.0234. The second kappa shape index (κ2) is 6.90. The number of amides is 3. The van der Waals surface area contributed by atoms with Gasteiger partial charge in [-0.15, -0.1) is 0 Å². The third kappa shape index (κ3) is 3.45. The Balaban J connectivity index is 1.45. The second-order valence-corrected chi connectivity index (χ2v) is 6.92. The van der Waals surface area contributed by atoms with E-state index >= 15 is 0 Å². The molecule has 2 heterocycles. The number of hydrogen-bond acceptors (Lipinski definition) is 3. The number of halogens is 1. The van der Waals surface area contributed by atoms with Crippen LogP contribution in [0.2, 0.25) is 0 Å². The normalized spacial score (nSPS) is 19.9. The number of urea groups is 1. The standard InChI is InChI=1S/C20H21FN4O2/c1-12(13-2-5-15(21)6-3-13)25-9-8-17(19(25)26)23-16-7-4-14-11-22-20(27)24-18(14)10-16/h2-7,10,12,17,23H,8-9,11H2,1H3,(H2,22,24,27). The molecule has 2 aromatic rings. The SMILES string of the molecule is CC(c1ccc(F)cc1)N1CCC(Nc2ccc3c(c2)NC(=O)NC3)C1=O. The fourth-order valence-corrected chi connectivity index (χ4v) is 3.62. The molecule has 6 nitrogen and oxygen atoms in total. The zero-order valence-corrected chi connectivity index (χ0v) is 15.0. The van der Waals surface area contributed by atoms with E-state index in [1.165, 1.54) is 12.1 Å². The van der Waals surface area contributed by atoms with Gasteiger partial charge in [0.1, 0.15) is 11.9 Å². The van der Waals surface area contributed by atoms with E-state index in [0.717, 1.165) is 22.5 Å². The van der Waals surface area contributed by atoms with Crippen LogP contribution in [-0.2, 0) is 11.3 Å². The van der Waals surface area contributed by atoms with Crippen LogP contribution >= 0.6 is 0 Å².